The summed E-state index contributed by atoms with van der Waals surface area (Å²) in [6, 6.07) is 8.41. The third-order valence-electron chi connectivity index (χ3n) is 2.49. The molecule has 0 aromatic heterocycles. The lowest BCUT2D eigenvalue weighted by Crippen LogP contribution is -2.39. The normalized spacial score (nSPS) is 13.6. The highest BCUT2D eigenvalue weighted by Gasteiger charge is 2.24. The van der Waals surface area contributed by atoms with E-state index in [1.807, 2.05) is 30.3 Å². The molecule has 0 spiro atoms. The zero-order chi connectivity index (χ0) is 14.3. The van der Waals surface area contributed by atoms with Gasteiger partial charge in [0, 0.05) is 19.0 Å². The first-order chi connectivity index (χ1) is 9.06. The van der Waals surface area contributed by atoms with Crippen molar-refractivity contribution in [3.05, 3.63) is 52.4 Å². The van der Waals surface area contributed by atoms with Gasteiger partial charge in [-0.05, 0) is 11.1 Å². The van der Waals surface area contributed by atoms with E-state index in [0.717, 1.165) is 5.56 Å². The molecule has 6 nitrogen and oxygen atoms in total. The highest BCUT2D eigenvalue weighted by atomic mass is 16.3. The van der Waals surface area contributed by atoms with Crippen LogP contribution in [0.15, 0.2) is 41.5 Å². The average molecular weight is 260 g/mol. The van der Waals surface area contributed by atoms with E-state index < -0.39 is 18.1 Å². The minimum atomic E-state index is -1.38. The molecule has 0 saturated carbocycles. The summed E-state index contributed by atoms with van der Waals surface area (Å²) < 4.78 is 0. The predicted molar refractivity (Wildman–Crippen MR) is 73.1 cm³/mol. The number of aliphatic hydroxyl groups is 1. The zero-order valence-corrected chi connectivity index (χ0v) is 10.8. The maximum atomic E-state index is 11.6. The topological polar surface area (TPSA) is 89.3 Å². The Morgan fingerprint density at radius 3 is 2.58 bits per heavy atom. The number of rotatable bonds is 5. The summed E-state index contributed by atoms with van der Waals surface area (Å²) in [5.74, 6) is -0.505. The Morgan fingerprint density at radius 2 is 2.05 bits per heavy atom. The van der Waals surface area contributed by atoms with Gasteiger partial charge in [0.1, 0.15) is 6.10 Å². The number of hydrogen-bond acceptors (Lipinski definition) is 3. The molecule has 0 aliphatic heterocycles. The highest BCUT2D eigenvalue weighted by Crippen LogP contribution is 2.09. The fourth-order valence-electron chi connectivity index (χ4n) is 1.45. The predicted octanol–water partition coefficient (Wildman–Crippen LogP) is 1.83. The van der Waals surface area contributed by atoms with Crippen molar-refractivity contribution in [1.29, 1.82) is 0 Å². The lowest BCUT2D eigenvalue weighted by atomic mass is 10.1. The van der Waals surface area contributed by atoms with Gasteiger partial charge in [-0.2, -0.15) is 0 Å². The van der Waals surface area contributed by atoms with E-state index in [1.165, 1.54) is 25.1 Å². The standard InChI is InChI=1S/C13H16N4O2/c1-17(2)13(19)12(18)11(15-16-14)9-8-10-6-4-3-5-7-10/h3-9,11-12,18H,1-2H3/b9-8+/t11-,12-/m1/s1. The molecule has 0 radical (unpaired) electrons. The molecule has 0 fully saturated rings. The van der Waals surface area contributed by atoms with Gasteiger partial charge in [-0.3, -0.25) is 4.79 Å². The molecule has 0 aliphatic rings. The summed E-state index contributed by atoms with van der Waals surface area (Å²) in [7, 11) is 3.05. The van der Waals surface area contributed by atoms with Crippen LogP contribution in [0.4, 0.5) is 0 Å². The number of likely N-dealkylation sites (N-methyl/N-ethyl adjacent to an activating group) is 1. The Hall–Kier alpha value is -2.30. The lowest BCUT2D eigenvalue weighted by molar-refractivity contribution is -0.137. The van der Waals surface area contributed by atoms with Crippen LogP contribution in [0, 0.1) is 0 Å². The fourth-order valence-corrected chi connectivity index (χ4v) is 1.45. The van der Waals surface area contributed by atoms with Crippen molar-refractivity contribution in [2.24, 2.45) is 5.11 Å². The first-order valence-corrected chi connectivity index (χ1v) is 5.73. The minimum Gasteiger partial charge on any atom is -0.382 e. The molecule has 2 atom stereocenters. The van der Waals surface area contributed by atoms with Crippen molar-refractivity contribution in [1.82, 2.24) is 4.90 Å². The van der Waals surface area contributed by atoms with Crippen LogP contribution in [-0.4, -0.2) is 42.2 Å². The number of amides is 1. The quantitative estimate of drug-likeness (QED) is 0.497. The highest BCUT2D eigenvalue weighted by molar-refractivity contribution is 5.81. The van der Waals surface area contributed by atoms with Crippen LogP contribution in [0.25, 0.3) is 16.5 Å². The van der Waals surface area contributed by atoms with Crippen molar-refractivity contribution in [3.8, 4) is 0 Å². The Labute approximate surface area is 111 Å². The lowest BCUT2D eigenvalue weighted by Gasteiger charge is -2.18. The van der Waals surface area contributed by atoms with Gasteiger partial charge in [0.15, 0.2) is 0 Å². The molecule has 0 heterocycles. The monoisotopic (exact) mass is 260 g/mol. The molecular weight excluding hydrogens is 244 g/mol. The summed E-state index contributed by atoms with van der Waals surface area (Å²) in [6.07, 6.45) is 1.83. The second-order valence-corrected chi connectivity index (χ2v) is 4.14. The van der Waals surface area contributed by atoms with E-state index in [0.29, 0.717) is 0 Å². The second-order valence-electron chi connectivity index (χ2n) is 4.14. The van der Waals surface area contributed by atoms with Gasteiger partial charge in [-0.1, -0.05) is 47.6 Å². The smallest absolute Gasteiger partial charge is 0.251 e. The van der Waals surface area contributed by atoms with Crippen molar-refractivity contribution in [2.75, 3.05) is 14.1 Å². The summed E-state index contributed by atoms with van der Waals surface area (Å²) in [5, 5.41) is 13.3. The first kappa shape index (κ1) is 14.8. The number of aliphatic hydroxyl groups excluding tert-OH is 1. The fraction of sp³-hybridized carbons (Fsp3) is 0.308. The second kappa shape index (κ2) is 7.20. The molecule has 1 N–H and O–H groups in total. The average Bonchev–Trinajstić information content (AvgIpc) is 2.42. The van der Waals surface area contributed by atoms with Crippen molar-refractivity contribution in [3.63, 3.8) is 0 Å². The number of benzene rings is 1. The Morgan fingerprint density at radius 1 is 1.42 bits per heavy atom. The van der Waals surface area contributed by atoms with Gasteiger partial charge >= 0.3 is 0 Å². The van der Waals surface area contributed by atoms with Gasteiger partial charge in [0.05, 0.1) is 6.04 Å². The number of hydrogen-bond donors (Lipinski definition) is 1. The third kappa shape index (κ3) is 4.46. The molecule has 6 heteroatoms. The molecule has 1 rings (SSSR count). The van der Waals surface area contributed by atoms with Crippen molar-refractivity contribution >= 4 is 12.0 Å². The maximum absolute atomic E-state index is 11.6. The van der Waals surface area contributed by atoms with E-state index in [4.69, 9.17) is 5.53 Å². The summed E-state index contributed by atoms with van der Waals surface area (Å²) in [6.45, 7) is 0. The molecular formula is C13H16N4O2. The Bertz CT molecular complexity index is 493. The molecule has 19 heavy (non-hydrogen) atoms. The van der Waals surface area contributed by atoms with E-state index >= 15 is 0 Å². The number of nitrogens with zero attached hydrogens (tertiary/aromatic N) is 4. The van der Waals surface area contributed by atoms with Gasteiger partial charge < -0.3 is 10.0 Å². The number of azide groups is 1. The van der Waals surface area contributed by atoms with Crippen LogP contribution in [0.5, 0.6) is 0 Å². The Kier molecular flexibility index (Phi) is 5.60. The summed E-state index contributed by atoms with van der Waals surface area (Å²) in [4.78, 5) is 15.5. The van der Waals surface area contributed by atoms with Crippen LogP contribution >= 0.6 is 0 Å². The molecule has 0 saturated heterocycles. The number of carbonyl (C=O) groups is 1. The van der Waals surface area contributed by atoms with Crippen LogP contribution in [-0.2, 0) is 4.79 Å². The largest absolute Gasteiger partial charge is 0.382 e. The van der Waals surface area contributed by atoms with E-state index in [1.54, 1.807) is 6.08 Å². The van der Waals surface area contributed by atoms with Crippen molar-refractivity contribution < 1.29 is 9.90 Å². The van der Waals surface area contributed by atoms with Gasteiger partial charge in [-0.25, -0.2) is 0 Å². The minimum absolute atomic E-state index is 0.505. The van der Waals surface area contributed by atoms with Crippen molar-refractivity contribution in [2.45, 2.75) is 12.1 Å². The molecule has 0 unspecified atom stereocenters. The van der Waals surface area contributed by atoms with Gasteiger partial charge in [-0.15, -0.1) is 0 Å². The molecule has 1 amide bonds. The molecule has 0 aliphatic carbocycles. The zero-order valence-electron chi connectivity index (χ0n) is 10.8. The Balaban J connectivity index is 2.87. The van der Waals surface area contributed by atoms with Gasteiger partial charge in [0.2, 0.25) is 0 Å². The van der Waals surface area contributed by atoms with Crippen LogP contribution in [0.2, 0.25) is 0 Å². The molecule has 1 aromatic carbocycles. The van der Waals surface area contributed by atoms with Crippen LogP contribution in [0.3, 0.4) is 0 Å². The molecule has 100 valence electrons. The van der Waals surface area contributed by atoms with Crippen LogP contribution < -0.4 is 0 Å². The third-order valence-corrected chi connectivity index (χ3v) is 2.49. The van der Waals surface area contributed by atoms with E-state index in [9.17, 15) is 9.90 Å². The van der Waals surface area contributed by atoms with Gasteiger partial charge in [0.25, 0.3) is 5.91 Å². The molecule has 1 aromatic rings. The molecule has 0 bridgehead atoms. The summed E-state index contributed by atoms with van der Waals surface area (Å²) in [5.41, 5.74) is 9.39. The SMILES string of the molecule is CN(C)C(=O)[C@H](O)[C@@H](/C=C/c1ccccc1)N=[N+]=[N-]. The van der Waals surface area contributed by atoms with E-state index in [2.05, 4.69) is 10.0 Å². The first-order valence-electron chi connectivity index (χ1n) is 5.73. The maximum Gasteiger partial charge on any atom is 0.251 e. The summed E-state index contributed by atoms with van der Waals surface area (Å²) >= 11 is 0. The van der Waals surface area contributed by atoms with E-state index in [-0.39, 0.29) is 0 Å². The number of carbonyl (C=O) groups excluding carboxylic acids is 1. The van der Waals surface area contributed by atoms with Crippen LogP contribution in [0.1, 0.15) is 5.56 Å².